The third kappa shape index (κ3) is 4.22. The van der Waals surface area contributed by atoms with Gasteiger partial charge in [0.2, 0.25) is 0 Å². The third-order valence-electron chi connectivity index (χ3n) is 4.38. The molecule has 2 heterocycles. The number of hydrogen-bond acceptors (Lipinski definition) is 7. The number of sulfonamides is 1. The van der Waals surface area contributed by atoms with Gasteiger partial charge in [-0.05, 0) is 25.0 Å². The van der Waals surface area contributed by atoms with Crippen LogP contribution in [0.1, 0.15) is 12.8 Å². The Hall–Kier alpha value is -1.01. The molecular formula is C14H20N2O6S3. The number of hydrazine groups is 1. The number of nitrogens with zero attached hydrogens (tertiary/aromatic N) is 1. The molecule has 0 saturated carbocycles. The molecule has 0 aromatic heterocycles. The minimum absolute atomic E-state index is 0.00709. The van der Waals surface area contributed by atoms with E-state index in [-0.39, 0.29) is 34.3 Å². The van der Waals surface area contributed by atoms with Gasteiger partial charge < -0.3 is 0 Å². The lowest BCUT2D eigenvalue weighted by molar-refractivity contribution is 0.229. The lowest BCUT2D eigenvalue weighted by atomic mass is 10.2. The van der Waals surface area contributed by atoms with Gasteiger partial charge in [-0.25, -0.2) is 30.7 Å². The van der Waals surface area contributed by atoms with Crippen molar-refractivity contribution in [2.45, 2.75) is 29.8 Å². The molecule has 0 bridgehead atoms. The number of benzene rings is 1. The molecule has 1 aromatic rings. The first-order valence-electron chi connectivity index (χ1n) is 7.86. The smallest absolute Gasteiger partial charge is 0.237 e. The Morgan fingerprint density at radius 1 is 0.920 bits per heavy atom. The maximum atomic E-state index is 13.0. The molecule has 2 fully saturated rings. The fraction of sp³-hybridized carbons (Fsp3) is 0.571. The van der Waals surface area contributed by atoms with Gasteiger partial charge >= 0.3 is 0 Å². The second kappa shape index (κ2) is 6.62. The van der Waals surface area contributed by atoms with Gasteiger partial charge in [-0.3, -0.25) is 0 Å². The van der Waals surface area contributed by atoms with Gasteiger partial charge in [0.15, 0.2) is 19.7 Å². The van der Waals surface area contributed by atoms with E-state index in [2.05, 4.69) is 5.43 Å². The van der Waals surface area contributed by atoms with Gasteiger partial charge in [0.05, 0.1) is 33.9 Å². The molecule has 2 atom stereocenters. The Bertz CT molecular complexity index is 942. The predicted octanol–water partition coefficient (Wildman–Crippen LogP) is -0.444. The molecule has 0 spiro atoms. The van der Waals surface area contributed by atoms with Gasteiger partial charge in [0, 0.05) is 6.04 Å². The highest BCUT2D eigenvalue weighted by Crippen LogP contribution is 2.25. The summed E-state index contributed by atoms with van der Waals surface area (Å²) < 4.78 is 73.9. The molecule has 0 aliphatic carbocycles. The van der Waals surface area contributed by atoms with Crippen molar-refractivity contribution in [2.24, 2.45) is 0 Å². The highest BCUT2D eigenvalue weighted by molar-refractivity contribution is 7.92. The van der Waals surface area contributed by atoms with Crippen LogP contribution >= 0.6 is 0 Å². The first-order chi connectivity index (χ1) is 11.6. The molecule has 8 nitrogen and oxygen atoms in total. The second-order valence-electron chi connectivity index (χ2n) is 6.40. The Balaban J connectivity index is 1.92. The summed E-state index contributed by atoms with van der Waals surface area (Å²) in [5.41, 5.74) is 2.79. The fourth-order valence-electron chi connectivity index (χ4n) is 3.11. The molecule has 140 valence electrons. The van der Waals surface area contributed by atoms with Gasteiger partial charge in [-0.2, -0.15) is 0 Å². The first kappa shape index (κ1) is 18.8. The zero-order valence-corrected chi connectivity index (χ0v) is 15.9. The Morgan fingerprint density at radius 3 is 2.04 bits per heavy atom. The average molecular weight is 409 g/mol. The number of nitrogens with one attached hydrogen (secondary N) is 1. The molecule has 11 heteroatoms. The second-order valence-corrected chi connectivity index (χ2v) is 12.7. The van der Waals surface area contributed by atoms with Crippen LogP contribution in [0.4, 0.5) is 0 Å². The van der Waals surface area contributed by atoms with E-state index in [4.69, 9.17) is 0 Å². The maximum absolute atomic E-state index is 13.0. The Morgan fingerprint density at radius 2 is 1.52 bits per heavy atom. The average Bonchev–Trinajstić information content (AvgIpc) is 3.07. The van der Waals surface area contributed by atoms with E-state index in [9.17, 15) is 25.3 Å². The topological polar surface area (TPSA) is 118 Å². The summed E-state index contributed by atoms with van der Waals surface area (Å²) in [7, 11) is -10.5. The van der Waals surface area contributed by atoms with E-state index in [1.165, 1.54) is 12.1 Å². The van der Waals surface area contributed by atoms with Crippen molar-refractivity contribution in [3.63, 3.8) is 0 Å². The zero-order chi connectivity index (χ0) is 18.3. The van der Waals surface area contributed by atoms with E-state index in [0.29, 0.717) is 6.42 Å². The van der Waals surface area contributed by atoms with E-state index in [1.54, 1.807) is 18.2 Å². The monoisotopic (exact) mass is 408 g/mol. The molecule has 0 amide bonds. The van der Waals surface area contributed by atoms with Crippen LogP contribution in [0.2, 0.25) is 0 Å². The van der Waals surface area contributed by atoms with Crippen molar-refractivity contribution >= 4 is 29.7 Å². The van der Waals surface area contributed by atoms with Crippen LogP contribution < -0.4 is 5.43 Å². The van der Waals surface area contributed by atoms with Crippen molar-refractivity contribution < 1.29 is 25.3 Å². The van der Waals surface area contributed by atoms with E-state index < -0.39 is 41.8 Å². The van der Waals surface area contributed by atoms with Crippen LogP contribution in [-0.2, 0) is 29.7 Å². The highest BCUT2D eigenvalue weighted by atomic mass is 32.2. The molecule has 3 rings (SSSR count). The van der Waals surface area contributed by atoms with Gasteiger partial charge in [-0.1, -0.05) is 18.2 Å². The summed E-state index contributed by atoms with van der Waals surface area (Å²) in [6.07, 6.45) is 0.476. The van der Waals surface area contributed by atoms with Crippen molar-refractivity contribution in [3.05, 3.63) is 30.3 Å². The third-order valence-corrected chi connectivity index (χ3v) is 9.69. The van der Waals surface area contributed by atoms with Crippen LogP contribution in [0.15, 0.2) is 35.2 Å². The minimum atomic E-state index is -4.00. The Kier molecular flexibility index (Phi) is 4.97. The largest absolute Gasteiger partial charge is 0.256 e. The summed E-state index contributed by atoms with van der Waals surface area (Å²) >= 11 is 0. The highest BCUT2D eigenvalue weighted by Gasteiger charge is 2.41. The Labute approximate surface area is 148 Å². The molecule has 2 saturated heterocycles. The van der Waals surface area contributed by atoms with Gasteiger partial charge in [0.1, 0.15) is 0 Å². The summed E-state index contributed by atoms with van der Waals surface area (Å²) in [6, 6.07) is 6.40. The molecule has 2 aliphatic heterocycles. The minimum Gasteiger partial charge on any atom is -0.237 e. The van der Waals surface area contributed by atoms with Crippen molar-refractivity contribution in [1.82, 2.24) is 9.84 Å². The van der Waals surface area contributed by atoms with Crippen LogP contribution in [-0.4, -0.2) is 64.8 Å². The van der Waals surface area contributed by atoms with Crippen LogP contribution in [0.25, 0.3) is 0 Å². The van der Waals surface area contributed by atoms with Crippen LogP contribution in [0.5, 0.6) is 0 Å². The molecule has 25 heavy (non-hydrogen) atoms. The lowest BCUT2D eigenvalue weighted by Gasteiger charge is -2.30. The standard InChI is InChI=1S/C14H20N2O6S3/c17-23(18)8-6-12(10-23)15-16(13-7-9-24(19,20)11-13)25(21,22)14-4-2-1-3-5-14/h1-5,12-13,15H,6-11H2/t12-,13-/m0/s1. The summed E-state index contributed by atoms with van der Waals surface area (Å²) in [5.74, 6) is -0.519. The van der Waals surface area contributed by atoms with Crippen molar-refractivity contribution in [1.29, 1.82) is 0 Å². The quantitative estimate of drug-likeness (QED) is 0.656. The van der Waals surface area contributed by atoms with Crippen molar-refractivity contribution in [2.75, 3.05) is 23.0 Å². The first-order valence-corrected chi connectivity index (χ1v) is 12.9. The zero-order valence-electron chi connectivity index (χ0n) is 13.4. The van der Waals surface area contributed by atoms with E-state index in [0.717, 1.165) is 4.41 Å². The van der Waals surface area contributed by atoms with Crippen LogP contribution in [0.3, 0.4) is 0 Å². The molecule has 2 aliphatic rings. The number of sulfone groups is 2. The molecule has 1 N–H and O–H groups in total. The summed E-state index contributed by atoms with van der Waals surface area (Å²) in [5, 5.41) is 0. The van der Waals surface area contributed by atoms with Gasteiger partial charge in [0.25, 0.3) is 10.0 Å². The SMILES string of the molecule is O=S1(=O)CC[C@H](NN([C@H]2CCS(=O)(=O)C2)S(=O)(=O)c2ccccc2)C1. The predicted molar refractivity (Wildman–Crippen MR) is 92.7 cm³/mol. The fourth-order valence-corrected chi connectivity index (χ4v) is 8.16. The lowest BCUT2D eigenvalue weighted by Crippen LogP contribution is -2.54. The molecule has 0 unspecified atom stereocenters. The maximum Gasteiger partial charge on any atom is 0.256 e. The van der Waals surface area contributed by atoms with Gasteiger partial charge in [-0.15, -0.1) is 4.41 Å². The van der Waals surface area contributed by atoms with Crippen molar-refractivity contribution in [3.8, 4) is 0 Å². The molecule has 1 aromatic carbocycles. The van der Waals surface area contributed by atoms with E-state index in [1.807, 2.05) is 0 Å². The normalized spacial score (nSPS) is 28.4. The van der Waals surface area contributed by atoms with E-state index >= 15 is 0 Å². The molecule has 0 radical (unpaired) electrons. The number of rotatable bonds is 5. The number of hydrogen-bond donors (Lipinski definition) is 1. The molecular weight excluding hydrogens is 388 g/mol. The van der Waals surface area contributed by atoms with Crippen LogP contribution in [0, 0.1) is 0 Å². The summed E-state index contributed by atoms with van der Waals surface area (Å²) in [6.45, 7) is 0. The summed E-state index contributed by atoms with van der Waals surface area (Å²) in [4.78, 5) is 0.0349.